The molecule has 2 aromatic carbocycles. The molecule has 0 radical (unpaired) electrons. The van der Waals surface area contributed by atoms with Crippen molar-refractivity contribution < 1.29 is 4.79 Å². The Balaban J connectivity index is 1.71. The molecule has 1 atom stereocenters. The molecule has 26 heavy (non-hydrogen) atoms. The maximum Gasteiger partial charge on any atom is 0.238 e. The first-order valence-corrected chi connectivity index (χ1v) is 9.77. The van der Waals surface area contributed by atoms with Gasteiger partial charge in [0.1, 0.15) is 0 Å². The SMILES string of the molecule is CCc1cccc(C)c1NC(=O)CN[C@@H](c1ccccc1)c1cccs1. The number of hydrogen-bond acceptors (Lipinski definition) is 3. The van der Waals surface area contributed by atoms with Gasteiger partial charge in [0.25, 0.3) is 0 Å². The van der Waals surface area contributed by atoms with Crippen LogP contribution in [0.1, 0.15) is 34.5 Å². The first kappa shape index (κ1) is 18.4. The molecule has 0 bridgehead atoms. The van der Waals surface area contributed by atoms with Crippen LogP contribution < -0.4 is 10.6 Å². The fraction of sp³-hybridized carbons (Fsp3) is 0.227. The number of rotatable bonds is 7. The van der Waals surface area contributed by atoms with Crippen LogP contribution in [0.25, 0.3) is 0 Å². The molecule has 0 saturated carbocycles. The zero-order valence-electron chi connectivity index (χ0n) is 15.2. The number of carbonyl (C=O) groups is 1. The summed E-state index contributed by atoms with van der Waals surface area (Å²) >= 11 is 1.70. The van der Waals surface area contributed by atoms with Crippen molar-refractivity contribution in [3.8, 4) is 0 Å². The molecule has 2 N–H and O–H groups in total. The minimum atomic E-state index is -0.0218. The number of benzene rings is 2. The van der Waals surface area contributed by atoms with Crippen LogP contribution in [-0.4, -0.2) is 12.5 Å². The second-order valence-electron chi connectivity index (χ2n) is 6.25. The molecule has 134 valence electrons. The quantitative estimate of drug-likeness (QED) is 0.624. The van der Waals surface area contributed by atoms with E-state index in [2.05, 4.69) is 47.2 Å². The second-order valence-corrected chi connectivity index (χ2v) is 7.23. The third kappa shape index (κ3) is 4.40. The molecule has 1 aromatic heterocycles. The Labute approximate surface area is 159 Å². The van der Waals surface area contributed by atoms with E-state index < -0.39 is 0 Å². The molecule has 3 rings (SSSR count). The molecular formula is C22H24N2OS. The molecule has 0 saturated heterocycles. The zero-order chi connectivity index (χ0) is 18.4. The summed E-state index contributed by atoms with van der Waals surface area (Å²) in [7, 11) is 0. The molecule has 0 aliphatic rings. The van der Waals surface area contributed by atoms with E-state index in [0.29, 0.717) is 0 Å². The van der Waals surface area contributed by atoms with Gasteiger partial charge in [-0.1, -0.05) is 61.5 Å². The van der Waals surface area contributed by atoms with Gasteiger partial charge in [0.15, 0.2) is 0 Å². The van der Waals surface area contributed by atoms with E-state index in [-0.39, 0.29) is 18.5 Å². The maximum atomic E-state index is 12.6. The summed E-state index contributed by atoms with van der Waals surface area (Å²) in [5.41, 5.74) is 4.36. The average Bonchev–Trinajstić information content (AvgIpc) is 3.19. The van der Waals surface area contributed by atoms with Crippen molar-refractivity contribution >= 4 is 22.9 Å². The van der Waals surface area contributed by atoms with Crippen LogP contribution in [0.5, 0.6) is 0 Å². The lowest BCUT2D eigenvalue weighted by atomic mass is 10.1. The molecule has 0 spiro atoms. The number of thiophene rings is 1. The number of hydrogen-bond donors (Lipinski definition) is 2. The van der Waals surface area contributed by atoms with Crippen molar-refractivity contribution in [2.45, 2.75) is 26.3 Å². The molecule has 4 heteroatoms. The van der Waals surface area contributed by atoms with E-state index in [1.807, 2.05) is 43.3 Å². The maximum absolute atomic E-state index is 12.6. The van der Waals surface area contributed by atoms with E-state index in [4.69, 9.17) is 0 Å². The Morgan fingerprint density at radius 1 is 1.04 bits per heavy atom. The summed E-state index contributed by atoms with van der Waals surface area (Å²) in [4.78, 5) is 13.8. The van der Waals surface area contributed by atoms with Crippen LogP contribution in [0.2, 0.25) is 0 Å². The highest BCUT2D eigenvalue weighted by molar-refractivity contribution is 7.10. The van der Waals surface area contributed by atoms with Crippen LogP contribution in [0.3, 0.4) is 0 Å². The number of aryl methyl sites for hydroxylation is 2. The summed E-state index contributed by atoms with van der Waals surface area (Å²) in [5.74, 6) is -0.0218. The largest absolute Gasteiger partial charge is 0.324 e. The summed E-state index contributed by atoms with van der Waals surface area (Å²) in [5, 5.41) is 8.56. The lowest BCUT2D eigenvalue weighted by molar-refractivity contribution is -0.115. The predicted octanol–water partition coefficient (Wildman–Crippen LogP) is 4.94. The van der Waals surface area contributed by atoms with E-state index in [0.717, 1.165) is 28.8 Å². The first-order chi connectivity index (χ1) is 12.7. The smallest absolute Gasteiger partial charge is 0.238 e. The standard InChI is InChI=1S/C22H24N2OS/c1-3-17-12-7-9-16(2)21(17)24-20(25)15-23-22(19-13-8-14-26-19)18-10-5-4-6-11-18/h4-14,22-23H,3,15H2,1-2H3,(H,24,25)/t22-/m0/s1. The van der Waals surface area contributed by atoms with Gasteiger partial charge in [-0.15, -0.1) is 11.3 Å². The van der Waals surface area contributed by atoms with Crippen molar-refractivity contribution in [1.29, 1.82) is 0 Å². The van der Waals surface area contributed by atoms with Crippen molar-refractivity contribution in [2.75, 3.05) is 11.9 Å². The minimum absolute atomic E-state index is 0.0180. The second kappa shape index (κ2) is 8.79. The fourth-order valence-electron chi connectivity index (χ4n) is 3.06. The van der Waals surface area contributed by atoms with E-state index >= 15 is 0 Å². The number of nitrogens with one attached hydrogen (secondary N) is 2. The molecular weight excluding hydrogens is 340 g/mol. The molecule has 0 aliphatic heterocycles. The normalized spacial score (nSPS) is 11.9. The van der Waals surface area contributed by atoms with Gasteiger partial charge in [-0.05, 0) is 41.5 Å². The van der Waals surface area contributed by atoms with E-state index in [9.17, 15) is 4.79 Å². The highest BCUT2D eigenvalue weighted by atomic mass is 32.1. The number of carbonyl (C=O) groups excluding carboxylic acids is 1. The van der Waals surface area contributed by atoms with E-state index in [1.54, 1.807) is 11.3 Å². The van der Waals surface area contributed by atoms with Crippen LogP contribution in [0.4, 0.5) is 5.69 Å². The number of amides is 1. The molecule has 0 fully saturated rings. The fourth-order valence-corrected chi connectivity index (χ4v) is 3.89. The lowest BCUT2D eigenvalue weighted by Gasteiger charge is -2.19. The molecule has 1 amide bonds. The summed E-state index contributed by atoms with van der Waals surface area (Å²) < 4.78 is 0. The number of para-hydroxylation sites is 1. The van der Waals surface area contributed by atoms with Crippen molar-refractivity contribution in [1.82, 2.24) is 5.32 Å². The van der Waals surface area contributed by atoms with Crippen molar-refractivity contribution in [3.05, 3.63) is 87.6 Å². The van der Waals surface area contributed by atoms with Gasteiger partial charge in [0, 0.05) is 10.6 Å². The molecule has 0 unspecified atom stereocenters. The van der Waals surface area contributed by atoms with E-state index in [1.165, 1.54) is 4.88 Å². The van der Waals surface area contributed by atoms with Gasteiger partial charge < -0.3 is 5.32 Å². The molecule has 1 heterocycles. The third-order valence-corrected chi connectivity index (χ3v) is 5.37. The lowest BCUT2D eigenvalue weighted by Crippen LogP contribution is -2.32. The summed E-state index contributed by atoms with van der Waals surface area (Å²) in [6, 6.07) is 20.5. The third-order valence-electron chi connectivity index (χ3n) is 4.43. The van der Waals surface area contributed by atoms with Crippen molar-refractivity contribution in [3.63, 3.8) is 0 Å². The number of anilines is 1. The van der Waals surface area contributed by atoms with Crippen molar-refractivity contribution in [2.24, 2.45) is 0 Å². The van der Waals surface area contributed by atoms with Gasteiger partial charge in [-0.2, -0.15) is 0 Å². The Morgan fingerprint density at radius 2 is 1.85 bits per heavy atom. The van der Waals surface area contributed by atoms with Gasteiger partial charge in [-0.25, -0.2) is 0 Å². The van der Waals surface area contributed by atoms with Crippen LogP contribution >= 0.6 is 11.3 Å². The minimum Gasteiger partial charge on any atom is -0.324 e. The Morgan fingerprint density at radius 3 is 2.54 bits per heavy atom. The highest BCUT2D eigenvalue weighted by Gasteiger charge is 2.16. The first-order valence-electron chi connectivity index (χ1n) is 8.89. The Hall–Kier alpha value is -2.43. The Kier molecular flexibility index (Phi) is 6.21. The summed E-state index contributed by atoms with van der Waals surface area (Å²) in [6.07, 6.45) is 0.895. The molecule has 0 aliphatic carbocycles. The molecule has 3 aromatic rings. The van der Waals surface area contributed by atoms with Gasteiger partial charge in [0.05, 0.1) is 12.6 Å². The van der Waals surface area contributed by atoms with Gasteiger partial charge in [-0.3, -0.25) is 10.1 Å². The van der Waals surface area contributed by atoms with Gasteiger partial charge >= 0.3 is 0 Å². The topological polar surface area (TPSA) is 41.1 Å². The predicted molar refractivity (Wildman–Crippen MR) is 110 cm³/mol. The van der Waals surface area contributed by atoms with Crippen LogP contribution in [-0.2, 0) is 11.2 Å². The summed E-state index contributed by atoms with van der Waals surface area (Å²) in [6.45, 7) is 4.39. The zero-order valence-corrected chi connectivity index (χ0v) is 16.0. The van der Waals surface area contributed by atoms with Gasteiger partial charge in [0.2, 0.25) is 5.91 Å². The Bertz CT molecular complexity index is 844. The van der Waals surface area contributed by atoms with Crippen LogP contribution in [0.15, 0.2) is 66.0 Å². The monoisotopic (exact) mass is 364 g/mol. The van der Waals surface area contributed by atoms with Crippen LogP contribution in [0, 0.1) is 6.92 Å². The highest BCUT2D eigenvalue weighted by Crippen LogP contribution is 2.26. The molecule has 3 nitrogen and oxygen atoms in total. The average molecular weight is 365 g/mol.